The Kier molecular flexibility index (Phi) is 3.41. The van der Waals surface area contributed by atoms with E-state index in [1.165, 1.54) is 6.07 Å². The Balaban J connectivity index is 1.86. The van der Waals surface area contributed by atoms with Crippen LogP contribution < -0.4 is 4.74 Å². The monoisotopic (exact) mass is 294 g/mol. The lowest BCUT2D eigenvalue weighted by Crippen LogP contribution is -2.27. The highest BCUT2D eigenvalue weighted by Crippen LogP contribution is 2.31. The van der Waals surface area contributed by atoms with E-state index in [0.29, 0.717) is 0 Å². The van der Waals surface area contributed by atoms with Gasteiger partial charge in [0.2, 0.25) is 0 Å². The second kappa shape index (κ2) is 5.26. The number of phenolic OH excluding ortho intramolecular Hbond substituents is 2. The lowest BCUT2D eigenvalue weighted by molar-refractivity contribution is 0.159. The van der Waals surface area contributed by atoms with Crippen molar-refractivity contribution in [1.82, 2.24) is 0 Å². The van der Waals surface area contributed by atoms with Crippen LogP contribution in [0.2, 0.25) is 0 Å². The predicted molar refractivity (Wildman–Crippen MR) is 88.9 cm³/mol. The maximum Gasteiger partial charge on any atom is 0.127 e. The first-order chi connectivity index (χ1) is 10.4. The number of hydrogen-bond acceptors (Lipinski definition) is 3. The maximum absolute atomic E-state index is 9.48. The van der Waals surface area contributed by atoms with Crippen molar-refractivity contribution in [3.05, 3.63) is 59.2 Å². The molecule has 0 aliphatic carbocycles. The van der Waals surface area contributed by atoms with Crippen molar-refractivity contribution >= 4 is 18.2 Å². The van der Waals surface area contributed by atoms with Crippen LogP contribution in [-0.4, -0.2) is 15.8 Å². The van der Waals surface area contributed by atoms with E-state index in [4.69, 9.17) is 4.74 Å². The van der Waals surface area contributed by atoms with E-state index in [2.05, 4.69) is 6.08 Å². The third-order valence-electron chi connectivity index (χ3n) is 3.46. The number of fused-ring (bicyclic) bond motifs is 1. The summed E-state index contributed by atoms with van der Waals surface area (Å²) in [5.41, 5.74) is 2.53. The largest absolute Gasteiger partial charge is 0.508 e. The van der Waals surface area contributed by atoms with Crippen LogP contribution in [0.15, 0.2) is 42.5 Å². The number of hydrogen-bond donors (Lipinski definition) is 2. The lowest BCUT2D eigenvalue weighted by Gasteiger charge is -2.27. The minimum Gasteiger partial charge on any atom is -0.508 e. The quantitative estimate of drug-likeness (QED) is 0.804. The van der Waals surface area contributed by atoms with Crippen LogP contribution in [-0.2, 0) is 0 Å². The molecule has 1 heterocycles. The van der Waals surface area contributed by atoms with Gasteiger partial charge in [-0.05, 0) is 55.3 Å². The summed E-state index contributed by atoms with van der Waals surface area (Å²) in [5, 5.41) is 19.0. The van der Waals surface area contributed by atoms with Crippen molar-refractivity contribution in [2.45, 2.75) is 19.4 Å². The molecule has 2 N–H and O–H groups in total. The first-order valence-corrected chi connectivity index (χ1v) is 7.15. The summed E-state index contributed by atoms with van der Waals surface area (Å²) in [6, 6.07) is 10.5. The second-order valence-corrected chi connectivity index (χ2v) is 5.95. The maximum atomic E-state index is 9.48. The van der Waals surface area contributed by atoms with Crippen LogP contribution in [0.4, 0.5) is 0 Å². The van der Waals surface area contributed by atoms with E-state index in [1.807, 2.05) is 50.3 Å². The molecule has 1 aliphatic heterocycles. The zero-order valence-corrected chi connectivity index (χ0v) is 12.6. The summed E-state index contributed by atoms with van der Waals surface area (Å²) >= 11 is 0. The van der Waals surface area contributed by atoms with Gasteiger partial charge in [0.15, 0.2) is 0 Å². The van der Waals surface area contributed by atoms with Crippen molar-refractivity contribution in [2.24, 2.45) is 0 Å². The van der Waals surface area contributed by atoms with Gasteiger partial charge < -0.3 is 14.9 Å². The van der Waals surface area contributed by atoms with E-state index in [9.17, 15) is 10.2 Å². The second-order valence-electron chi connectivity index (χ2n) is 5.95. The molecule has 0 unspecified atom stereocenters. The highest BCUT2D eigenvalue weighted by atomic mass is 16.5. The molecule has 0 amide bonds. The molecule has 3 rings (SSSR count). The van der Waals surface area contributed by atoms with Gasteiger partial charge in [0.1, 0.15) is 22.8 Å². The fourth-order valence-corrected chi connectivity index (χ4v) is 2.41. The van der Waals surface area contributed by atoms with Crippen molar-refractivity contribution in [3.8, 4) is 17.2 Å². The highest BCUT2D eigenvalue weighted by molar-refractivity contribution is 5.73. The van der Waals surface area contributed by atoms with Crippen LogP contribution in [0.5, 0.6) is 17.2 Å². The van der Waals surface area contributed by atoms with Gasteiger partial charge in [0, 0.05) is 11.6 Å². The van der Waals surface area contributed by atoms with Crippen LogP contribution in [0.3, 0.4) is 0 Å². The minimum absolute atomic E-state index is 0.0451. The number of benzene rings is 2. The van der Waals surface area contributed by atoms with E-state index >= 15 is 0 Å². The Bertz CT molecular complexity index is 750. The van der Waals surface area contributed by atoms with Gasteiger partial charge in [0.25, 0.3) is 0 Å². The van der Waals surface area contributed by atoms with Crippen molar-refractivity contribution < 1.29 is 14.9 Å². The summed E-state index contributed by atoms with van der Waals surface area (Å²) in [7, 11) is 0. The predicted octanol–water partition coefficient (Wildman–Crippen LogP) is 4.45. The molecule has 112 valence electrons. The van der Waals surface area contributed by atoms with Crippen LogP contribution in [0.25, 0.3) is 18.2 Å². The van der Waals surface area contributed by atoms with Gasteiger partial charge in [-0.15, -0.1) is 0 Å². The van der Waals surface area contributed by atoms with Crippen LogP contribution in [0, 0.1) is 0 Å². The molecule has 3 nitrogen and oxygen atoms in total. The van der Waals surface area contributed by atoms with Gasteiger partial charge >= 0.3 is 0 Å². The summed E-state index contributed by atoms with van der Waals surface area (Å²) in [5.74, 6) is 0.965. The van der Waals surface area contributed by atoms with Gasteiger partial charge in [-0.25, -0.2) is 0 Å². The van der Waals surface area contributed by atoms with Crippen molar-refractivity contribution in [2.75, 3.05) is 0 Å². The first-order valence-electron chi connectivity index (χ1n) is 7.15. The Labute approximate surface area is 129 Å². The van der Waals surface area contributed by atoms with Crippen molar-refractivity contribution in [1.29, 1.82) is 0 Å². The fourth-order valence-electron chi connectivity index (χ4n) is 2.41. The van der Waals surface area contributed by atoms with Crippen molar-refractivity contribution in [3.63, 3.8) is 0 Å². The number of phenols is 2. The van der Waals surface area contributed by atoms with E-state index in [1.54, 1.807) is 12.1 Å². The summed E-state index contributed by atoms with van der Waals surface area (Å²) < 4.78 is 5.89. The molecule has 1 aliphatic rings. The van der Waals surface area contributed by atoms with E-state index < -0.39 is 0 Å². The smallest absolute Gasteiger partial charge is 0.127 e. The SMILES string of the molecule is CC1(C)C=Cc2cc(C=Cc3cc(O)cc(O)c3)ccc2O1. The summed E-state index contributed by atoms with van der Waals surface area (Å²) in [4.78, 5) is 0. The Morgan fingerprint density at radius 1 is 0.909 bits per heavy atom. The zero-order valence-electron chi connectivity index (χ0n) is 12.6. The topological polar surface area (TPSA) is 49.7 Å². The number of rotatable bonds is 2. The highest BCUT2D eigenvalue weighted by Gasteiger charge is 2.21. The van der Waals surface area contributed by atoms with Crippen LogP contribution >= 0.6 is 0 Å². The standard InChI is InChI=1S/C19H18O3/c1-19(2)8-7-15-9-13(5-6-18(15)22-19)3-4-14-10-16(20)12-17(21)11-14/h3-12,20-21H,1-2H3. The lowest BCUT2D eigenvalue weighted by atomic mass is 10.0. The molecular formula is C19H18O3. The third kappa shape index (κ3) is 3.14. The molecule has 0 saturated carbocycles. The fraction of sp³-hybridized carbons (Fsp3) is 0.158. The van der Waals surface area contributed by atoms with E-state index in [0.717, 1.165) is 22.4 Å². The molecule has 0 radical (unpaired) electrons. The average Bonchev–Trinajstić information content (AvgIpc) is 2.43. The molecule has 2 aromatic rings. The zero-order chi connectivity index (χ0) is 15.7. The average molecular weight is 294 g/mol. The van der Waals surface area contributed by atoms with Gasteiger partial charge in [-0.3, -0.25) is 0 Å². The Morgan fingerprint density at radius 3 is 2.32 bits per heavy atom. The molecule has 0 aromatic heterocycles. The molecule has 0 fully saturated rings. The van der Waals surface area contributed by atoms with Crippen LogP contribution in [0.1, 0.15) is 30.5 Å². The number of ether oxygens (including phenoxy) is 1. The van der Waals surface area contributed by atoms with E-state index in [-0.39, 0.29) is 17.1 Å². The molecule has 0 atom stereocenters. The number of aromatic hydroxyl groups is 2. The minimum atomic E-state index is -0.274. The summed E-state index contributed by atoms with van der Waals surface area (Å²) in [6.45, 7) is 4.04. The molecule has 0 saturated heterocycles. The Morgan fingerprint density at radius 2 is 1.59 bits per heavy atom. The molecule has 0 spiro atoms. The van der Waals surface area contributed by atoms with Gasteiger partial charge in [-0.2, -0.15) is 0 Å². The first kappa shape index (κ1) is 14.3. The third-order valence-corrected chi connectivity index (χ3v) is 3.46. The normalized spacial score (nSPS) is 15.5. The molecule has 2 aromatic carbocycles. The molecule has 0 bridgehead atoms. The Hall–Kier alpha value is -2.68. The molecule has 3 heteroatoms. The van der Waals surface area contributed by atoms with Gasteiger partial charge in [-0.1, -0.05) is 24.3 Å². The van der Waals surface area contributed by atoms with Gasteiger partial charge in [0.05, 0.1) is 0 Å². The molecular weight excluding hydrogens is 276 g/mol. The summed E-state index contributed by atoms with van der Waals surface area (Å²) in [6.07, 6.45) is 7.88. The molecule has 22 heavy (non-hydrogen) atoms.